The number of thiophene rings is 2. The van der Waals surface area contributed by atoms with Crippen LogP contribution < -0.4 is 4.53 Å². The summed E-state index contributed by atoms with van der Waals surface area (Å²) in [4.78, 5) is 12.5. The standard InChI is InChI=1S/C18H12OS2/c1-9-5-11-12-8-20-13-4-2-3-10(16(12)13)17-15(7-19)21-14(6-9)18(11)17/h2-4,6-9H,5H2,1H3. The average Bonchev–Trinajstić information content (AvgIpc) is 3.07. The first-order valence-corrected chi connectivity index (χ1v) is 8.81. The Morgan fingerprint density at radius 1 is 1.19 bits per heavy atom. The third-order valence-electron chi connectivity index (χ3n) is 4.53. The lowest BCUT2D eigenvalue weighted by Gasteiger charge is -2.16. The summed E-state index contributed by atoms with van der Waals surface area (Å²) in [7, 11) is 0. The first-order chi connectivity index (χ1) is 10.3. The highest BCUT2D eigenvalue weighted by Crippen LogP contribution is 2.43. The lowest BCUT2D eigenvalue weighted by molar-refractivity contribution is 0.112. The number of benzene rings is 2. The van der Waals surface area contributed by atoms with E-state index in [1.165, 1.54) is 41.7 Å². The predicted molar refractivity (Wildman–Crippen MR) is 92.7 cm³/mol. The van der Waals surface area contributed by atoms with Gasteiger partial charge in [0.25, 0.3) is 0 Å². The van der Waals surface area contributed by atoms with Gasteiger partial charge in [0.1, 0.15) is 0 Å². The molecule has 0 fully saturated rings. The fourth-order valence-electron chi connectivity index (χ4n) is 3.74. The largest absolute Gasteiger partial charge is 0.297 e. The summed E-state index contributed by atoms with van der Waals surface area (Å²) in [6.07, 6.45) is 4.44. The van der Waals surface area contributed by atoms with Gasteiger partial charge in [0.05, 0.1) is 4.88 Å². The van der Waals surface area contributed by atoms with Gasteiger partial charge in [-0.3, -0.25) is 4.79 Å². The summed E-state index contributed by atoms with van der Waals surface area (Å²) in [5.74, 6) is 0.540. The quantitative estimate of drug-likeness (QED) is 0.463. The van der Waals surface area contributed by atoms with Crippen LogP contribution >= 0.6 is 22.7 Å². The molecule has 2 heterocycles. The first kappa shape index (κ1) is 11.9. The Hall–Kier alpha value is -1.71. The maximum Gasteiger partial charge on any atom is 0.160 e. The molecule has 0 saturated carbocycles. The van der Waals surface area contributed by atoms with Crippen LogP contribution in [0.25, 0.3) is 37.7 Å². The fourth-order valence-corrected chi connectivity index (χ4v) is 5.97. The number of carbonyl (C=O) groups excluding carboxylic acids is 1. The summed E-state index contributed by atoms with van der Waals surface area (Å²) < 4.78 is 2.61. The molecule has 0 radical (unpaired) electrons. The van der Waals surface area contributed by atoms with Crippen molar-refractivity contribution in [1.82, 2.24) is 0 Å². The molecule has 1 nitrogen and oxygen atoms in total. The van der Waals surface area contributed by atoms with Gasteiger partial charge in [-0.15, -0.1) is 22.7 Å². The Bertz CT molecular complexity index is 1100. The summed E-state index contributed by atoms with van der Waals surface area (Å²) >= 11 is 3.47. The second-order valence-electron chi connectivity index (χ2n) is 5.85. The molecule has 21 heavy (non-hydrogen) atoms. The van der Waals surface area contributed by atoms with Gasteiger partial charge >= 0.3 is 0 Å². The van der Waals surface area contributed by atoms with Crippen molar-refractivity contribution in [2.45, 2.75) is 13.3 Å². The van der Waals surface area contributed by atoms with Crippen molar-refractivity contribution < 1.29 is 4.79 Å². The van der Waals surface area contributed by atoms with Crippen LogP contribution in [0.3, 0.4) is 0 Å². The van der Waals surface area contributed by atoms with Crippen molar-refractivity contribution in [2.75, 3.05) is 0 Å². The van der Waals surface area contributed by atoms with E-state index >= 15 is 0 Å². The van der Waals surface area contributed by atoms with E-state index in [4.69, 9.17) is 0 Å². The molecule has 0 bridgehead atoms. The molecule has 1 unspecified atom stereocenters. The van der Waals surface area contributed by atoms with Crippen molar-refractivity contribution in [2.24, 2.45) is 5.92 Å². The van der Waals surface area contributed by atoms with E-state index in [0.717, 1.165) is 17.6 Å². The van der Waals surface area contributed by atoms with Crippen LogP contribution in [-0.4, -0.2) is 6.29 Å². The van der Waals surface area contributed by atoms with Gasteiger partial charge in [-0.25, -0.2) is 0 Å². The van der Waals surface area contributed by atoms with Crippen molar-refractivity contribution in [3.05, 3.63) is 38.6 Å². The molecule has 102 valence electrons. The van der Waals surface area contributed by atoms with Crippen LogP contribution in [0.15, 0.2) is 23.6 Å². The van der Waals surface area contributed by atoms with E-state index in [2.05, 4.69) is 36.6 Å². The van der Waals surface area contributed by atoms with Crippen molar-refractivity contribution in [3.8, 4) is 0 Å². The van der Waals surface area contributed by atoms with Crippen LogP contribution in [0, 0.1) is 5.92 Å². The predicted octanol–water partition coefficient (Wildman–Crippen LogP) is 4.77. The zero-order valence-corrected chi connectivity index (χ0v) is 13.1. The number of carbonyl (C=O) groups is 1. The van der Waals surface area contributed by atoms with Crippen LogP contribution in [0.2, 0.25) is 0 Å². The van der Waals surface area contributed by atoms with Gasteiger partial charge in [-0.05, 0) is 40.1 Å². The molecule has 0 N–H and O–H groups in total. The Morgan fingerprint density at radius 2 is 2.10 bits per heavy atom. The fraction of sp³-hybridized carbons (Fsp3) is 0.167. The molecule has 0 spiro atoms. The zero-order valence-electron chi connectivity index (χ0n) is 11.5. The van der Waals surface area contributed by atoms with E-state index < -0.39 is 0 Å². The Labute approximate surface area is 129 Å². The molecule has 0 amide bonds. The van der Waals surface area contributed by atoms with Gasteiger partial charge in [-0.2, -0.15) is 0 Å². The minimum Gasteiger partial charge on any atom is -0.297 e. The average molecular weight is 308 g/mol. The highest BCUT2D eigenvalue weighted by molar-refractivity contribution is 7.18. The van der Waals surface area contributed by atoms with E-state index in [0.29, 0.717) is 5.92 Å². The topological polar surface area (TPSA) is 17.1 Å². The van der Waals surface area contributed by atoms with E-state index in [1.54, 1.807) is 11.3 Å². The molecular formula is C18H12OS2. The van der Waals surface area contributed by atoms with Gasteiger partial charge in [0.2, 0.25) is 0 Å². The molecule has 4 aromatic rings. The van der Waals surface area contributed by atoms with Gasteiger partial charge in [-0.1, -0.05) is 25.1 Å². The lowest BCUT2D eigenvalue weighted by atomic mass is 9.87. The van der Waals surface area contributed by atoms with Crippen molar-refractivity contribution in [3.63, 3.8) is 0 Å². The molecule has 5 rings (SSSR count). The van der Waals surface area contributed by atoms with E-state index in [9.17, 15) is 4.79 Å². The minimum atomic E-state index is 0.540. The molecule has 0 saturated heterocycles. The number of rotatable bonds is 1. The number of fused-ring (bicyclic) bond motifs is 2. The smallest absolute Gasteiger partial charge is 0.160 e. The Balaban J connectivity index is 2.23. The normalized spacial score (nSPS) is 17.7. The van der Waals surface area contributed by atoms with Crippen LogP contribution in [0.5, 0.6) is 0 Å². The summed E-state index contributed by atoms with van der Waals surface area (Å²) in [5.41, 5.74) is 1.45. The molecule has 2 aromatic heterocycles. The third kappa shape index (κ3) is 1.38. The van der Waals surface area contributed by atoms with Crippen molar-refractivity contribution >= 4 is 66.7 Å². The molecule has 0 aliphatic heterocycles. The van der Waals surface area contributed by atoms with Crippen LogP contribution in [-0.2, 0) is 6.42 Å². The van der Waals surface area contributed by atoms with E-state index in [-0.39, 0.29) is 0 Å². The highest BCUT2D eigenvalue weighted by Gasteiger charge is 2.22. The van der Waals surface area contributed by atoms with Gasteiger partial charge < -0.3 is 0 Å². The van der Waals surface area contributed by atoms with Crippen LogP contribution in [0.1, 0.15) is 22.2 Å². The first-order valence-electron chi connectivity index (χ1n) is 7.12. The second kappa shape index (κ2) is 3.93. The van der Waals surface area contributed by atoms with Gasteiger partial charge in [0.15, 0.2) is 6.29 Å². The minimum absolute atomic E-state index is 0.540. The number of hydrogen-bond donors (Lipinski definition) is 0. The maximum absolute atomic E-state index is 11.6. The van der Waals surface area contributed by atoms with Crippen LogP contribution in [0.4, 0.5) is 0 Å². The van der Waals surface area contributed by atoms with E-state index in [1.807, 2.05) is 11.3 Å². The summed E-state index contributed by atoms with van der Waals surface area (Å²) in [6.45, 7) is 2.26. The molecule has 1 aliphatic rings. The van der Waals surface area contributed by atoms with Gasteiger partial charge in [0, 0.05) is 25.4 Å². The molecule has 2 aromatic carbocycles. The second-order valence-corrected chi connectivity index (χ2v) is 7.85. The number of aldehydes is 1. The zero-order chi connectivity index (χ0) is 14.1. The number of hydrogen-bond acceptors (Lipinski definition) is 3. The monoisotopic (exact) mass is 308 g/mol. The molecule has 3 heteroatoms. The lowest BCUT2D eigenvalue weighted by Crippen LogP contribution is -2.11. The summed E-state index contributed by atoms with van der Waals surface area (Å²) in [6, 6.07) is 6.46. The Kier molecular flexibility index (Phi) is 2.23. The molecule has 1 aliphatic carbocycles. The van der Waals surface area contributed by atoms with Crippen molar-refractivity contribution in [1.29, 1.82) is 0 Å². The SMILES string of the molecule is CC1C=c2sc(C=O)c3c2c(c2csc4cccc3c42)C1. The highest BCUT2D eigenvalue weighted by atomic mass is 32.1. The Morgan fingerprint density at radius 3 is 2.95 bits per heavy atom. The maximum atomic E-state index is 11.6. The molecular weight excluding hydrogens is 296 g/mol. The third-order valence-corrected chi connectivity index (χ3v) is 6.56. The summed E-state index contributed by atoms with van der Waals surface area (Å²) in [5, 5.41) is 8.81. The molecule has 1 atom stereocenters.